The second-order valence-corrected chi connectivity index (χ2v) is 5.41. The Hall–Kier alpha value is -0.680. The largest absolute Gasteiger partial charge is 0.469 e. The van der Waals surface area contributed by atoms with E-state index in [0.717, 1.165) is 30.7 Å². The minimum absolute atomic E-state index is 0.632. The van der Waals surface area contributed by atoms with Crippen LogP contribution in [0.15, 0.2) is 0 Å². The average Bonchev–Trinajstić information content (AvgIpc) is 3.08. The van der Waals surface area contributed by atoms with E-state index >= 15 is 0 Å². The van der Waals surface area contributed by atoms with Crippen LogP contribution in [0, 0.1) is 5.92 Å². The second-order valence-electron chi connectivity index (χ2n) is 4.70. The van der Waals surface area contributed by atoms with Crippen molar-refractivity contribution in [3.05, 3.63) is 5.82 Å². The first kappa shape index (κ1) is 10.5. The molecule has 0 amide bonds. The van der Waals surface area contributed by atoms with Crippen molar-refractivity contribution >= 4 is 11.5 Å². The number of ether oxygens (including phenoxy) is 1. The molecule has 16 heavy (non-hydrogen) atoms. The van der Waals surface area contributed by atoms with Gasteiger partial charge in [-0.15, -0.1) is 0 Å². The van der Waals surface area contributed by atoms with Crippen molar-refractivity contribution in [3.63, 3.8) is 0 Å². The van der Waals surface area contributed by atoms with Gasteiger partial charge in [0.05, 0.1) is 6.61 Å². The fraction of sp³-hybridized carbons (Fsp3) is 0.818. The van der Waals surface area contributed by atoms with Crippen LogP contribution in [0.1, 0.15) is 37.4 Å². The molecule has 1 aliphatic carbocycles. The lowest BCUT2D eigenvalue weighted by atomic mass is 9.99. The molecule has 1 aromatic heterocycles. The van der Waals surface area contributed by atoms with Gasteiger partial charge in [0, 0.05) is 17.5 Å². The van der Waals surface area contributed by atoms with Crippen LogP contribution < -0.4 is 10.1 Å². The van der Waals surface area contributed by atoms with Gasteiger partial charge in [0.2, 0.25) is 0 Å². The molecule has 1 saturated heterocycles. The lowest BCUT2D eigenvalue weighted by Crippen LogP contribution is -2.30. The Morgan fingerprint density at radius 2 is 2.06 bits per heavy atom. The van der Waals surface area contributed by atoms with Gasteiger partial charge in [-0.2, -0.15) is 9.36 Å². The second kappa shape index (κ2) is 4.67. The summed E-state index contributed by atoms with van der Waals surface area (Å²) in [5.74, 6) is 2.33. The molecule has 0 bridgehead atoms. The van der Waals surface area contributed by atoms with E-state index in [4.69, 9.17) is 4.74 Å². The van der Waals surface area contributed by atoms with Crippen molar-refractivity contribution in [1.29, 1.82) is 0 Å². The number of hydrogen-bond acceptors (Lipinski definition) is 5. The maximum Gasteiger partial charge on any atom is 0.293 e. The molecule has 1 saturated carbocycles. The number of piperidine rings is 1. The van der Waals surface area contributed by atoms with Gasteiger partial charge in [-0.1, -0.05) is 0 Å². The van der Waals surface area contributed by atoms with Crippen LogP contribution >= 0.6 is 11.5 Å². The van der Waals surface area contributed by atoms with Crippen LogP contribution in [0.4, 0.5) is 0 Å². The first-order valence-electron chi connectivity index (χ1n) is 6.09. The molecular weight excluding hydrogens is 222 g/mol. The van der Waals surface area contributed by atoms with Gasteiger partial charge in [0.25, 0.3) is 5.19 Å². The summed E-state index contributed by atoms with van der Waals surface area (Å²) in [6.07, 6.45) is 4.94. The summed E-state index contributed by atoms with van der Waals surface area (Å²) in [6.45, 7) is 3.05. The fourth-order valence-corrected chi connectivity index (χ4v) is 2.64. The first-order valence-corrected chi connectivity index (χ1v) is 6.86. The molecule has 0 aromatic carbocycles. The summed E-state index contributed by atoms with van der Waals surface area (Å²) >= 11 is 1.41. The lowest BCUT2D eigenvalue weighted by Gasteiger charge is -2.21. The quantitative estimate of drug-likeness (QED) is 0.870. The molecule has 1 aliphatic heterocycles. The summed E-state index contributed by atoms with van der Waals surface area (Å²) < 4.78 is 10.1. The molecule has 0 radical (unpaired) electrons. The third kappa shape index (κ3) is 2.52. The van der Waals surface area contributed by atoms with E-state index < -0.39 is 0 Å². The van der Waals surface area contributed by atoms with Crippen LogP contribution in [0.3, 0.4) is 0 Å². The zero-order valence-corrected chi connectivity index (χ0v) is 10.1. The molecule has 1 aromatic rings. The Balaban J connectivity index is 1.49. The van der Waals surface area contributed by atoms with Gasteiger partial charge >= 0.3 is 0 Å². The first-order chi connectivity index (χ1) is 7.92. The van der Waals surface area contributed by atoms with Gasteiger partial charge in [-0.05, 0) is 44.7 Å². The van der Waals surface area contributed by atoms with E-state index in [2.05, 4.69) is 14.7 Å². The van der Waals surface area contributed by atoms with Crippen molar-refractivity contribution in [2.24, 2.45) is 5.92 Å². The SMILES string of the molecule is C1CC(COc2nc(C3CC3)ns2)CCN1. The van der Waals surface area contributed by atoms with Crippen molar-refractivity contribution in [2.45, 2.75) is 31.6 Å². The Labute approximate surface area is 99.6 Å². The van der Waals surface area contributed by atoms with Crippen molar-refractivity contribution in [1.82, 2.24) is 14.7 Å². The predicted molar refractivity (Wildman–Crippen MR) is 63.0 cm³/mol. The van der Waals surface area contributed by atoms with Gasteiger partial charge in [0.15, 0.2) is 0 Å². The summed E-state index contributed by atoms with van der Waals surface area (Å²) in [5.41, 5.74) is 0. The lowest BCUT2D eigenvalue weighted by molar-refractivity contribution is 0.214. The molecule has 4 nitrogen and oxygen atoms in total. The summed E-state index contributed by atoms with van der Waals surface area (Å²) in [7, 11) is 0. The molecule has 2 fully saturated rings. The summed E-state index contributed by atoms with van der Waals surface area (Å²) in [5, 5.41) is 4.12. The Kier molecular flexibility index (Phi) is 3.06. The number of nitrogens with one attached hydrogen (secondary N) is 1. The monoisotopic (exact) mass is 239 g/mol. The molecule has 0 spiro atoms. The molecule has 2 heterocycles. The van der Waals surface area contributed by atoms with E-state index in [1.165, 1.54) is 37.2 Å². The van der Waals surface area contributed by atoms with Crippen LogP contribution in [-0.2, 0) is 0 Å². The van der Waals surface area contributed by atoms with Crippen LogP contribution in [0.5, 0.6) is 5.19 Å². The highest BCUT2D eigenvalue weighted by molar-refractivity contribution is 7.07. The van der Waals surface area contributed by atoms with E-state index in [0.29, 0.717) is 11.8 Å². The normalized spacial score (nSPS) is 22.2. The molecule has 88 valence electrons. The van der Waals surface area contributed by atoms with Crippen molar-refractivity contribution in [2.75, 3.05) is 19.7 Å². The molecule has 0 atom stereocenters. The van der Waals surface area contributed by atoms with E-state index in [-0.39, 0.29) is 0 Å². The summed E-state index contributed by atoms with van der Waals surface area (Å²) in [6, 6.07) is 0. The number of hydrogen-bond donors (Lipinski definition) is 1. The molecule has 3 rings (SSSR count). The maximum atomic E-state index is 5.72. The zero-order chi connectivity index (χ0) is 10.8. The van der Waals surface area contributed by atoms with Crippen LogP contribution in [0.25, 0.3) is 0 Å². The van der Waals surface area contributed by atoms with Crippen molar-refractivity contribution in [3.8, 4) is 5.19 Å². The highest BCUT2D eigenvalue weighted by atomic mass is 32.1. The fourth-order valence-electron chi connectivity index (χ4n) is 2.02. The Bertz CT molecular complexity index is 345. The zero-order valence-electron chi connectivity index (χ0n) is 9.32. The minimum atomic E-state index is 0.632. The standard InChI is InChI=1S/C11H17N3OS/c1-2-9(1)10-13-11(16-14-10)15-7-8-3-5-12-6-4-8/h8-9,12H,1-7H2. The Morgan fingerprint density at radius 3 is 2.81 bits per heavy atom. The molecule has 1 N–H and O–H groups in total. The predicted octanol–water partition coefficient (Wildman–Crippen LogP) is 1.79. The summed E-state index contributed by atoms with van der Waals surface area (Å²) in [4.78, 5) is 4.43. The number of nitrogens with zero attached hydrogens (tertiary/aromatic N) is 2. The van der Waals surface area contributed by atoms with E-state index in [1.54, 1.807) is 0 Å². The van der Waals surface area contributed by atoms with E-state index in [1.807, 2.05) is 0 Å². The van der Waals surface area contributed by atoms with Gasteiger partial charge in [-0.25, -0.2) is 0 Å². The van der Waals surface area contributed by atoms with Gasteiger partial charge in [-0.3, -0.25) is 0 Å². The number of aromatic nitrogens is 2. The third-order valence-corrected chi connectivity index (χ3v) is 3.91. The highest BCUT2D eigenvalue weighted by Gasteiger charge is 2.28. The maximum absolute atomic E-state index is 5.72. The van der Waals surface area contributed by atoms with Crippen LogP contribution in [-0.4, -0.2) is 29.1 Å². The average molecular weight is 239 g/mol. The van der Waals surface area contributed by atoms with E-state index in [9.17, 15) is 0 Å². The van der Waals surface area contributed by atoms with Gasteiger partial charge in [0.1, 0.15) is 5.82 Å². The highest BCUT2D eigenvalue weighted by Crippen LogP contribution is 2.39. The molecule has 2 aliphatic rings. The number of rotatable bonds is 4. The molecule has 0 unspecified atom stereocenters. The smallest absolute Gasteiger partial charge is 0.293 e. The Morgan fingerprint density at radius 1 is 1.25 bits per heavy atom. The third-order valence-electron chi connectivity index (χ3n) is 3.27. The van der Waals surface area contributed by atoms with Crippen molar-refractivity contribution < 1.29 is 4.74 Å². The van der Waals surface area contributed by atoms with Gasteiger partial charge < -0.3 is 10.1 Å². The topological polar surface area (TPSA) is 47.0 Å². The minimum Gasteiger partial charge on any atom is -0.469 e. The molecule has 5 heteroatoms. The molecular formula is C11H17N3OS. The van der Waals surface area contributed by atoms with Crippen LogP contribution in [0.2, 0.25) is 0 Å².